The molecule has 286 valence electrons. The number of rotatable bonds is 16. The van der Waals surface area contributed by atoms with E-state index in [0.29, 0.717) is 24.5 Å². The van der Waals surface area contributed by atoms with Crippen molar-refractivity contribution in [3.05, 3.63) is 149 Å². The predicted molar refractivity (Wildman–Crippen MR) is 209 cm³/mol. The van der Waals surface area contributed by atoms with E-state index in [9.17, 15) is 27.6 Å². The largest absolute Gasteiger partial charge is 0.494 e. The predicted octanol–water partition coefficient (Wildman–Crippen LogP) is 7.83. The smallest absolute Gasteiger partial charge is 0.343 e. The molecule has 0 saturated heterocycles. The molecule has 12 nitrogen and oxygen atoms in total. The number of benzene rings is 5. The van der Waals surface area contributed by atoms with Gasteiger partial charge in [-0.05, 0) is 93.3 Å². The number of esters is 2. The first-order valence-electron chi connectivity index (χ1n) is 17.7. The Bertz CT molecular complexity index is 2410. The van der Waals surface area contributed by atoms with E-state index in [0.717, 1.165) is 37.3 Å². The van der Waals surface area contributed by atoms with E-state index in [1.165, 1.54) is 54.6 Å². The average molecular weight is 775 g/mol. The maximum Gasteiger partial charge on any atom is 0.343 e. The Labute approximate surface area is 323 Å². The Kier molecular flexibility index (Phi) is 11.9. The molecule has 0 aliphatic heterocycles. The van der Waals surface area contributed by atoms with Crippen LogP contribution < -0.4 is 24.7 Å². The molecule has 0 amide bonds. The standard InChI is InChI=1S/C43H38N2O10S/c1-3-37(46)53-25-9-5-4-8-24-52-29-16-14-28(15-17-29)43(49)55-31-20-18-30(19-21-31)54-36-26-35(45-56(50,51)32-22-12-27(2)13-23-32)38-39(40(36)44)42(48)34-11-7-6-10-33(34)41(38)47/h3,6-7,10-23,26,45H,1,4-5,8-9,24-25,44H2,2H3. The molecule has 1 aliphatic carbocycles. The second kappa shape index (κ2) is 17.2. The number of ether oxygens (including phenoxy) is 4. The lowest BCUT2D eigenvalue weighted by molar-refractivity contribution is -0.137. The monoisotopic (exact) mass is 774 g/mol. The van der Waals surface area contributed by atoms with Crippen LogP contribution in [0.15, 0.2) is 121 Å². The van der Waals surface area contributed by atoms with Gasteiger partial charge in [0.2, 0.25) is 0 Å². The van der Waals surface area contributed by atoms with Crippen LogP contribution in [0.1, 0.15) is 73.4 Å². The van der Waals surface area contributed by atoms with Crippen LogP contribution >= 0.6 is 0 Å². The number of carbonyl (C=O) groups excluding carboxylic acids is 4. The highest BCUT2D eigenvalue weighted by Crippen LogP contribution is 2.43. The Morgan fingerprint density at radius 3 is 1.98 bits per heavy atom. The number of sulfonamides is 1. The summed E-state index contributed by atoms with van der Waals surface area (Å²) in [5.74, 6) is -1.21. The van der Waals surface area contributed by atoms with Crippen molar-refractivity contribution in [3.8, 4) is 23.0 Å². The molecule has 1 aliphatic rings. The minimum atomic E-state index is -4.22. The van der Waals surface area contributed by atoms with Gasteiger partial charge >= 0.3 is 11.9 Å². The van der Waals surface area contributed by atoms with Crippen LogP contribution in [0.4, 0.5) is 11.4 Å². The molecular weight excluding hydrogens is 737 g/mol. The van der Waals surface area contributed by atoms with Gasteiger partial charge in [-0.3, -0.25) is 14.3 Å². The Morgan fingerprint density at radius 2 is 1.34 bits per heavy atom. The fourth-order valence-electron chi connectivity index (χ4n) is 5.92. The van der Waals surface area contributed by atoms with E-state index in [2.05, 4.69) is 11.3 Å². The average Bonchev–Trinajstić information content (AvgIpc) is 3.20. The Morgan fingerprint density at radius 1 is 0.750 bits per heavy atom. The number of carbonyl (C=O) groups is 4. The van der Waals surface area contributed by atoms with Crippen molar-refractivity contribution in [2.45, 2.75) is 37.5 Å². The van der Waals surface area contributed by atoms with E-state index >= 15 is 0 Å². The number of hydrogen-bond donors (Lipinski definition) is 2. The van der Waals surface area contributed by atoms with Crippen LogP contribution in [0.5, 0.6) is 23.0 Å². The molecule has 0 saturated carbocycles. The number of ketones is 2. The fourth-order valence-corrected chi connectivity index (χ4v) is 6.98. The molecule has 6 rings (SSSR count). The summed E-state index contributed by atoms with van der Waals surface area (Å²) in [6.07, 6.45) is 4.53. The lowest BCUT2D eigenvalue weighted by Gasteiger charge is -2.24. The van der Waals surface area contributed by atoms with Crippen LogP contribution in [-0.2, 0) is 19.6 Å². The number of fused-ring (bicyclic) bond motifs is 2. The molecule has 0 heterocycles. The van der Waals surface area contributed by atoms with Crippen LogP contribution in [0.3, 0.4) is 0 Å². The first-order valence-corrected chi connectivity index (χ1v) is 19.2. The topological polar surface area (TPSA) is 177 Å². The Hall–Kier alpha value is -6.73. The number of hydrogen-bond acceptors (Lipinski definition) is 11. The summed E-state index contributed by atoms with van der Waals surface area (Å²) in [5.41, 5.74) is 7.19. The molecule has 56 heavy (non-hydrogen) atoms. The number of aryl methyl sites for hydroxylation is 1. The zero-order chi connectivity index (χ0) is 39.8. The molecule has 0 atom stereocenters. The van der Waals surface area contributed by atoms with Crippen LogP contribution in [0.2, 0.25) is 0 Å². The van der Waals surface area contributed by atoms with E-state index < -0.39 is 33.5 Å². The molecule has 0 bridgehead atoms. The number of anilines is 2. The molecule has 0 radical (unpaired) electrons. The van der Waals surface area contributed by atoms with Gasteiger partial charge in [0.25, 0.3) is 10.0 Å². The third-order valence-corrected chi connectivity index (χ3v) is 10.2. The summed E-state index contributed by atoms with van der Waals surface area (Å²) in [6.45, 7) is 6.03. The number of unbranched alkanes of at least 4 members (excludes halogenated alkanes) is 3. The highest BCUT2D eigenvalue weighted by molar-refractivity contribution is 7.92. The fraction of sp³-hybridized carbons (Fsp3) is 0.163. The molecule has 0 unspecified atom stereocenters. The minimum absolute atomic E-state index is 0.0501. The zero-order valence-corrected chi connectivity index (χ0v) is 31.2. The third-order valence-electron chi connectivity index (χ3n) is 8.85. The van der Waals surface area contributed by atoms with Crippen molar-refractivity contribution in [3.63, 3.8) is 0 Å². The zero-order valence-electron chi connectivity index (χ0n) is 30.4. The molecular formula is C43H38N2O10S. The van der Waals surface area contributed by atoms with Gasteiger partial charge in [-0.1, -0.05) is 48.5 Å². The van der Waals surface area contributed by atoms with Crippen LogP contribution in [-0.4, -0.2) is 45.1 Å². The molecule has 13 heteroatoms. The van der Waals surface area contributed by atoms with Crippen molar-refractivity contribution >= 4 is 44.9 Å². The summed E-state index contributed by atoms with van der Waals surface area (Å²) < 4.78 is 51.8. The van der Waals surface area contributed by atoms with E-state index in [1.54, 1.807) is 48.5 Å². The third kappa shape index (κ3) is 8.96. The van der Waals surface area contributed by atoms with Crippen molar-refractivity contribution in [2.24, 2.45) is 0 Å². The molecule has 5 aromatic rings. The lowest BCUT2D eigenvalue weighted by Crippen LogP contribution is -2.25. The molecule has 5 aromatic carbocycles. The van der Waals surface area contributed by atoms with Gasteiger partial charge in [0.05, 0.1) is 46.2 Å². The number of nitrogen functional groups attached to an aromatic ring is 1. The van der Waals surface area contributed by atoms with E-state index in [4.69, 9.17) is 24.7 Å². The van der Waals surface area contributed by atoms with Gasteiger partial charge in [0, 0.05) is 23.3 Å². The summed E-state index contributed by atoms with van der Waals surface area (Å²) in [7, 11) is -4.22. The highest BCUT2D eigenvalue weighted by atomic mass is 32.2. The van der Waals surface area contributed by atoms with Crippen molar-refractivity contribution < 1.29 is 46.5 Å². The normalized spacial score (nSPS) is 11.9. The maximum absolute atomic E-state index is 13.8. The number of nitrogens with one attached hydrogen (secondary N) is 1. The minimum Gasteiger partial charge on any atom is -0.494 e. The quantitative estimate of drug-likeness (QED) is 0.0322. The van der Waals surface area contributed by atoms with Crippen molar-refractivity contribution in [2.75, 3.05) is 23.7 Å². The van der Waals surface area contributed by atoms with Gasteiger partial charge in [-0.15, -0.1) is 0 Å². The number of nitrogens with two attached hydrogens (primary N) is 1. The van der Waals surface area contributed by atoms with Gasteiger partial charge in [0.15, 0.2) is 17.3 Å². The first kappa shape index (κ1) is 39.0. The molecule has 0 fully saturated rings. The second-order valence-corrected chi connectivity index (χ2v) is 14.5. The summed E-state index contributed by atoms with van der Waals surface area (Å²) in [4.78, 5) is 51.4. The van der Waals surface area contributed by atoms with Gasteiger partial charge in [-0.25, -0.2) is 18.0 Å². The maximum atomic E-state index is 13.8. The Balaban J connectivity index is 1.13. The lowest BCUT2D eigenvalue weighted by atomic mass is 9.82. The van der Waals surface area contributed by atoms with Gasteiger partial charge < -0.3 is 24.7 Å². The summed E-state index contributed by atoms with van der Waals surface area (Å²) in [6, 6.07) is 26.2. The van der Waals surface area contributed by atoms with E-state index in [1.807, 2.05) is 6.92 Å². The summed E-state index contributed by atoms with van der Waals surface area (Å²) >= 11 is 0. The van der Waals surface area contributed by atoms with E-state index in [-0.39, 0.29) is 55.8 Å². The highest BCUT2D eigenvalue weighted by Gasteiger charge is 2.36. The molecule has 0 aromatic heterocycles. The molecule has 3 N–H and O–H groups in total. The second-order valence-electron chi connectivity index (χ2n) is 12.8. The SMILES string of the molecule is C=CC(=O)OCCCCCCOc1ccc(C(=O)Oc2ccc(Oc3cc(NS(=O)(=O)c4ccc(C)cc4)c4c(c3N)C(=O)c3ccccc3C4=O)cc2)cc1. The van der Waals surface area contributed by atoms with Crippen LogP contribution in [0, 0.1) is 6.92 Å². The first-order chi connectivity index (χ1) is 26.9. The van der Waals surface area contributed by atoms with Crippen molar-refractivity contribution in [1.29, 1.82) is 0 Å². The summed E-state index contributed by atoms with van der Waals surface area (Å²) in [5, 5.41) is 0. The molecule has 0 spiro atoms. The van der Waals surface area contributed by atoms with Gasteiger partial charge in [-0.2, -0.15) is 0 Å². The van der Waals surface area contributed by atoms with Crippen molar-refractivity contribution in [1.82, 2.24) is 0 Å². The van der Waals surface area contributed by atoms with Gasteiger partial charge in [0.1, 0.15) is 17.2 Å². The van der Waals surface area contributed by atoms with Crippen LogP contribution in [0.25, 0.3) is 0 Å².